The van der Waals surface area contributed by atoms with Crippen LogP contribution < -0.4 is 5.32 Å². The van der Waals surface area contributed by atoms with E-state index >= 15 is 0 Å². The van der Waals surface area contributed by atoms with Crippen molar-refractivity contribution in [2.75, 3.05) is 7.05 Å². The molecule has 0 saturated carbocycles. The Morgan fingerprint density at radius 1 is 1.22 bits per heavy atom. The number of benzene rings is 1. The van der Waals surface area contributed by atoms with Crippen molar-refractivity contribution in [3.05, 3.63) is 53.3 Å². The van der Waals surface area contributed by atoms with Crippen LogP contribution in [0.1, 0.15) is 16.5 Å². The molecule has 0 aliphatic rings. The van der Waals surface area contributed by atoms with Gasteiger partial charge in [-0.2, -0.15) is 0 Å². The van der Waals surface area contributed by atoms with Gasteiger partial charge in [0.15, 0.2) is 0 Å². The topological polar surface area (TPSA) is 12.0 Å². The molecule has 1 aromatic carbocycles. The Bertz CT molecular complexity index is 551. The van der Waals surface area contributed by atoms with Crippen LogP contribution in [-0.4, -0.2) is 7.05 Å². The van der Waals surface area contributed by atoms with E-state index in [-0.39, 0.29) is 11.9 Å². The molecule has 1 aromatic heterocycles. The maximum Gasteiger partial charge on any atom is 0.142 e. The minimum Gasteiger partial charge on any atom is -0.309 e. The zero-order chi connectivity index (χ0) is 13.3. The first-order chi connectivity index (χ1) is 8.54. The molecule has 6 heteroatoms. The highest BCUT2D eigenvalue weighted by atomic mass is 79.9. The zero-order valence-electron chi connectivity index (χ0n) is 9.31. The average Bonchev–Trinajstić information content (AvgIpc) is 2.66. The van der Waals surface area contributed by atoms with Crippen LogP contribution in [0, 0.1) is 5.82 Å². The second-order valence-corrected chi connectivity index (χ2v) is 7.75. The standard InChI is InChI=1S/C12H9Br3FNS/c1-17-11(9-5-8(14)12(15)18-9)6-3-2-4-7(13)10(6)16/h2-5,11,17H,1H3. The number of hydrogen-bond donors (Lipinski definition) is 1. The second-order valence-electron chi connectivity index (χ2n) is 3.64. The van der Waals surface area contributed by atoms with Crippen molar-refractivity contribution < 1.29 is 4.39 Å². The molecule has 96 valence electrons. The first-order valence-electron chi connectivity index (χ1n) is 5.10. The fraction of sp³-hybridized carbons (Fsp3) is 0.167. The SMILES string of the molecule is CNC(c1cc(Br)c(Br)s1)c1cccc(Br)c1F. The molecule has 0 saturated heterocycles. The van der Waals surface area contributed by atoms with Gasteiger partial charge < -0.3 is 5.32 Å². The Morgan fingerprint density at radius 3 is 2.50 bits per heavy atom. The van der Waals surface area contributed by atoms with Crippen molar-refractivity contribution in [1.29, 1.82) is 0 Å². The highest BCUT2D eigenvalue weighted by Crippen LogP contribution is 2.38. The van der Waals surface area contributed by atoms with E-state index < -0.39 is 0 Å². The normalized spacial score (nSPS) is 12.7. The van der Waals surface area contributed by atoms with E-state index in [1.54, 1.807) is 23.5 Å². The highest BCUT2D eigenvalue weighted by molar-refractivity contribution is 9.13. The molecular formula is C12H9Br3FNS. The number of halogens is 4. The molecule has 0 radical (unpaired) electrons. The third-order valence-corrected chi connectivity index (χ3v) is 6.46. The lowest BCUT2D eigenvalue weighted by Crippen LogP contribution is -2.18. The maximum atomic E-state index is 14.1. The maximum absolute atomic E-state index is 14.1. The molecule has 0 aliphatic carbocycles. The zero-order valence-corrected chi connectivity index (χ0v) is 14.9. The lowest BCUT2D eigenvalue weighted by Gasteiger charge is -2.16. The van der Waals surface area contributed by atoms with Crippen molar-refractivity contribution in [2.24, 2.45) is 0 Å². The van der Waals surface area contributed by atoms with E-state index in [0.29, 0.717) is 10.0 Å². The smallest absolute Gasteiger partial charge is 0.142 e. The predicted molar refractivity (Wildman–Crippen MR) is 84.7 cm³/mol. The molecule has 0 spiro atoms. The molecular weight excluding hydrogens is 449 g/mol. The average molecular weight is 458 g/mol. The molecule has 1 atom stereocenters. The van der Waals surface area contributed by atoms with Crippen LogP contribution >= 0.6 is 59.1 Å². The van der Waals surface area contributed by atoms with Crippen LogP contribution in [-0.2, 0) is 0 Å². The summed E-state index contributed by atoms with van der Waals surface area (Å²) in [4.78, 5) is 1.05. The minimum absolute atomic E-state index is 0.157. The molecule has 0 bridgehead atoms. The van der Waals surface area contributed by atoms with Gasteiger partial charge in [-0.15, -0.1) is 11.3 Å². The van der Waals surface area contributed by atoms with Gasteiger partial charge in [0.05, 0.1) is 14.3 Å². The van der Waals surface area contributed by atoms with Gasteiger partial charge in [-0.1, -0.05) is 12.1 Å². The Balaban J connectivity index is 2.48. The van der Waals surface area contributed by atoms with E-state index in [0.717, 1.165) is 13.1 Å². The van der Waals surface area contributed by atoms with E-state index in [4.69, 9.17) is 0 Å². The van der Waals surface area contributed by atoms with E-state index in [1.807, 2.05) is 19.2 Å². The van der Waals surface area contributed by atoms with Gasteiger partial charge in [-0.05, 0) is 67.0 Å². The van der Waals surface area contributed by atoms with Crippen LogP contribution in [0.2, 0.25) is 0 Å². The molecule has 1 N–H and O–H groups in total. The highest BCUT2D eigenvalue weighted by Gasteiger charge is 2.20. The molecule has 2 aromatic rings. The van der Waals surface area contributed by atoms with Crippen LogP contribution in [0.15, 0.2) is 37.0 Å². The summed E-state index contributed by atoms with van der Waals surface area (Å²) in [5, 5.41) is 3.15. The van der Waals surface area contributed by atoms with Gasteiger partial charge in [0.1, 0.15) is 5.82 Å². The van der Waals surface area contributed by atoms with E-state index in [9.17, 15) is 4.39 Å². The van der Waals surface area contributed by atoms with Crippen molar-refractivity contribution >= 4 is 59.1 Å². The summed E-state index contributed by atoms with van der Waals surface area (Å²) in [6.45, 7) is 0. The summed E-state index contributed by atoms with van der Waals surface area (Å²) < 4.78 is 16.6. The first-order valence-corrected chi connectivity index (χ1v) is 8.30. The minimum atomic E-state index is -0.225. The lowest BCUT2D eigenvalue weighted by molar-refractivity contribution is 0.574. The van der Waals surface area contributed by atoms with Gasteiger partial charge in [0, 0.05) is 14.9 Å². The van der Waals surface area contributed by atoms with Gasteiger partial charge in [-0.3, -0.25) is 0 Å². The molecule has 1 nitrogen and oxygen atoms in total. The summed E-state index contributed by atoms with van der Waals surface area (Å²) in [6.07, 6.45) is 0. The number of rotatable bonds is 3. The monoisotopic (exact) mass is 455 g/mol. The molecule has 1 heterocycles. The van der Waals surface area contributed by atoms with Gasteiger partial charge >= 0.3 is 0 Å². The van der Waals surface area contributed by atoms with Crippen LogP contribution in [0.4, 0.5) is 4.39 Å². The van der Waals surface area contributed by atoms with Crippen molar-refractivity contribution in [3.8, 4) is 0 Å². The number of thiophene rings is 1. The summed E-state index contributed by atoms with van der Waals surface area (Å²) in [6, 6.07) is 7.17. The Kier molecular flexibility index (Phi) is 4.99. The van der Waals surface area contributed by atoms with Crippen molar-refractivity contribution in [2.45, 2.75) is 6.04 Å². The molecule has 1 unspecified atom stereocenters. The van der Waals surface area contributed by atoms with E-state index in [2.05, 4.69) is 53.1 Å². The number of nitrogens with one attached hydrogen (secondary N) is 1. The first kappa shape index (κ1) is 14.7. The Labute approximate surface area is 134 Å². The molecule has 18 heavy (non-hydrogen) atoms. The summed E-state index contributed by atoms with van der Waals surface area (Å²) in [7, 11) is 1.83. The third kappa shape index (κ3) is 2.88. The third-order valence-electron chi connectivity index (χ3n) is 2.53. The number of hydrogen-bond acceptors (Lipinski definition) is 2. The summed E-state index contributed by atoms with van der Waals surface area (Å²) in [5.41, 5.74) is 0.633. The van der Waals surface area contributed by atoms with Gasteiger partial charge in [-0.25, -0.2) is 4.39 Å². The molecule has 2 rings (SSSR count). The second kappa shape index (κ2) is 6.13. The Morgan fingerprint density at radius 2 is 1.94 bits per heavy atom. The summed E-state index contributed by atoms with van der Waals surface area (Å²) >= 11 is 11.7. The van der Waals surface area contributed by atoms with Crippen LogP contribution in [0.25, 0.3) is 0 Å². The molecule has 0 fully saturated rings. The van der Waals surface area contributed by atoms with Crippen LogP contribution in [0.3, 0.4) is 0 Å². The van der Waals surface area contributed by atoms with Crippen molar-refractivity contribution in [1.82, 2.24) is 5.32 Å². The molecule has 0 aliphatic heterocycles. The van der Waals surface area contributed by atoms with Gasteiger partial charge in [0.25, 0.3) is 0 Å². The summed E-state index contributed by atoms with van der Waals surface area (Å²) in [5.74, 6) is -0.225. The van der Waals surface area contributed by atoms with Gasteiger partial charge in [0.2, 0.25) is 0 Å². The largest absolute Gasteiger partial charge is 0.309 e. The fourth-order valence-electron chi connectivity index (χ4n) is 1.70. The Hall–Kier alpha value is 0.250. The van der Waals surface area contributed by atoms with Crippen molar-refractivity contribution in [3.63, 3.8) is 0 Å². The fourth-order valence-corrected chi connectivity index (χ4v) is 4.30. The molecule has 0 amide bonds. The van der Waals surface area contributed by atoms with Crippen LogP contribution in [0.5, 0.6) is 0 Å². The predicted octanol–water partition coefficient (Wildman–Crippen LogP) is 5.48. The van der Waals surface area contributed by atoms with E-state index in [1.165, 1.54) is 0 Å². The quantitative estimate of drug-likeness (QED) is 0.643. The lowest BCUT2D eigenvalue weighted by atomic mass is 10.1.